The Kier molecular flexibility index (Phi) is 5.03. The molecule has 3 rings (SSSR count). The molecule has 1 fully saturated rings. The van der Waals surface area contributed by atoms with Gasteiger partial charge in [-0.05, 0) is 18.9 Å². The number of rotatable bonds is 6. The fourth-order valence-corrected chi connectivity index (χ4v) is 3.05. The molecule has 0 aliphatic carbocycles. The third-order valence-corrected chi connectivity index (χ3v) is 4.21. The van der Waals surface area contributed by atoms with Crippen LogP contribution in [0.3, 0.4) is 0 Å². The van der Waals surface area contributed by atoms with Crippen molar-refractivity contribution in [1.29, 1.82) is 0 Å². The Labute approximate surface area is 138 Å². The van der Waals surface area contributed by atoms with Crippen LogP contribution in [0.1, 0.15) is 23.4 Å². The molecule has 1 aliphatic rings. The number of aryl methyl sites for hydroxylation is 1. The molecule has 4 nitrogen and oxygen atoms in total. The van der Waals surface area contributed by atoms with Crippen molar-refractivity contribution in [2.24, 2.45) is 0 Å². The van der Waals surface area contributed by atoms with E-state index in [2.05, 4.69) is 57.1 Å². The quantitative estimate of drug-likeness (QED) is 0.832. The maximum Gasteiger partial charge on any atom is 0.147 e. The molecular weight excluding hydrogens is 284 g/mol. The first-order valence-electron chi connectivity index (χ1n) is 8.21. The Hall–Kier alpha value is -2.20. The van der Waals surface area contributed by atoms with E-state index in [4.69, 9.17) is 0 Å². The Morgan fingerprint density at radius 2 is 2.17 bits per heavy atom. The number of nitrogens with zero attached hydrogens (tertiary/aromatic N) is 3. The minimum absolute atomic E-state index is 0.442. The van der Waals surface area contributed by atoms with E-state index in [1.54, 1.807) is 0 Å². The standard InChI is InChI=1S/C19H24N4/c1-3-7-17-12-20-19(15(2)21-17)22-18-10-11-23(14-18)13-16-8-5-4-6-9-16/h3-6,8-9,12,18H,1,7,10-11,13-14H2,2H3,(H,20,22)/t18-/m1/s1. The fourth-order valence-electron chi connectivity index (χ4n) is 3.05. The summed E-state index contributed by atoms with van der Waals surface area (Å²) in [4.78, 5) is 11.6. The van der Waals surface area contributed by atoms with E-state index in [0.29, 0.717) is 6.04 Å². The van der Waals surface area contributed by atoms with Crippen molar-refractivity contribution in [3.8, 4) is 0 Å². The second kappa shape index (κ2) is 7.38. The summed E-state index contributed by atoms with van der Waals surface area (Å²) < 4.78 is 0. The second-order valence-electron chi connectivity index (χ2n) is 6.14. The molecule has 1 N–H and O–H groups in total. The molecule has 1 saturated heterocycles. The molecule has 1 aliphatic heterocycles. The summed E-state index contributed by atoms with van der Waals surface area (Å²) in [5.74, 6) is 0.907. The summed E-state index contributed by atoms with van der Waals surface area (Å²) in [5, 5.41) is 3.55. The molecule has 0 unspecified atom stereocenters. The number of aromatic nitrogens is 2. The van der Waals surface area contributed by atoms with Gasteiger partial charge in [-0.1, -0.05) is 36.4 Å². The van der Waals surface area contributed by atoms with Crippen molar-refractivity contribution in [3.63, 3.8) is 0 Å². The summed E-state index contributed by atoms with van der Waals surface area (Å²) in [7, 11) is 0. The van der Waals surface area contributed by atoms with E-state index < -0.39 is 0 Å². The zero-order valence-electron chi connectivity index (χ0n) is 13.7. The van der Waals surface area contributed by atoms with Crippen LogP contribution >= 0.6 is 0 Å². The summed E-state index contributed by atoms with van der Waals surface area (Å²) in [6, 6.07) is 11.1. The fraction of sp³-hybridized carbons (Fsp3) is 0.368. The lowest BCUT2D eigenvalue weighted by Gasteiger charge is -2.18. The van der Waals surface area contributed by atoms with Crippen molar-refractivity contribution >= 4 is 5.82 Å². The summed E-state index contributed by atoms with van der Waals surface area (Å²) >= 11 is 0. The third kappa shape index (κ3) is 4.17. The average Bonchev–Trinajstić information content (AvgIpc) is 2.98. The van der Waals surface area contributed by atoms with Gasteiger partial charge in [0.05, 0.1) is 17.6 Å². The highest BCUT2D eigenvalue weighted by Crippen LogP contribution is 2.18. The molecule has 2 heterocycles. The lowest BCUT2D eigenvalue weighted by atomic mass is 10.2. The Morgan fingerprint density at radius 3 is 2.91 bits per heavy atom. The first-order chi connectivity index (χ1) is 11.2. The predicted octanol–water partition coefficient (Wildman–Crippen LogP) is 3.20. The minimum atomic E-state index is 0.442. The van der Waals surface area contributed by atoms with Crippen molar-refractivity contribution in [2.45, 2.75) is 32.4 Å². The molecule has 1 aromatic carbocycles. The van der Waals surface area contributed by atoms with Gasteiger partial charge in [0.2, 0.25) is 0 Å². The third-order valence-electron chi connectivity index (χ3n) is 4.21. The number of nitrogens with one attached hydrogen (secondary N) is 1. The molecule has 0 bridgehead atoms. The highest BCUT2D eigenvalue weighted by atomic mass is 15.2. The Morgan fingerprint density at radius 1 is 1.35 bits per heavy atom. The van der Waals surface area contributed by atoms with E-state index >= 15 is 0 Å². The number of hydrogen-bond donors (Lipinski definition) is 1. The smallest absolute Gasteiger partial charge is 0.147 e. The SMILES string of the molecule is C=CCc1cnc(N[C@@H]2CCN(Cc3ccccc3)C2)c(C)n1. The van der Waals surface area contributed by atoms with E-state index in [1.807, 2.05) is 19.2 Å². The van der Waals surface area contributed by atoms with Crippen LogP contribution in [-0.2, 0) is 13.0 Å². The Balaban J connectivity index is 1.56. The minimum Gasteiger partial charge on any atom is -0.365 e. The normalized spacial score (nSPS) is 18.0. The lowest BCUT2D eigenvalue weighted by Crippen LogP contribution is -2.26. The van der Waals surface area contributed by atoms with Crippen LogP contribution in [0.4, 0.5) is 5.82 Å². The highest BCUT2D eigenvalue weighted by Gasteiger charge is 2.23. The molecule has 2 aromatic rings. The van der Waals surface area contributed by atoms with Gasteiger partial charge in [-0.15, -0.1) is 6.58 Å². The van der Waals surface area contributed by atoms with Crippen molar-refractivity contribution in [3.05, 3.63) is 66.1 Å². The maximum absolute atomic E-state index is 4.58. The van der Waals surface area contributed by atoms with Crippen LogP contribution < -0.4 is 5.32 Å². The molecule has 0 spiro atoms. The number of anilines is 1. The van der Waals surface area contributed by atoms with Gasteiger partial charge >= 0.3 is 0 Å². The van der Waals surface area contributed by atoms with Crippen LogP contribution in [0, 0.1) is 6.92 Å². The van der Waals surface area contributed by atoms with Crippen LogP contribution in [0.2, 0.25) is 0 Å². The van der Waals surface area contributed by atoms with Crippen LogP contribution in [0.5, 0.6) is 0 Å². The van der Waals surface area contributed by atoms with Gasteiger partial charge < -0.3 is 5.32 Å². The molecule has 1 aromatic heterocycles. The van der Waals surface area contributed by atoms with Crippen molar-refractivity contribution in [1.82, 2.24) is 14.9 Å². The van der Waals surface area contributed by atoms with Crippen LogP contribution in [0.25, 0.3) is 0 Å². The molecule has 1 atom stereocenters. The lowest BCUT2D eigenvalue weighted by molar-refractivity contribution is 0.328. The molecule has 120 valence electrons. The van der Waals surface area contributed by atoms with Gasteiger partial charge in [0.1, 0.15) is 5.82 Å². The number of benzene rings is 1. The van der Waals surface area contributed by atoms with E-state index in [1.165, 1.54) is 5.56 Å². The van der Waals surface area contributed by atoms with E-state index in [9.17, 15) is 0 Å². The monoisotopic (exact) mass is 308 g/mol. The maximum atomic E-state index is 4.58. The number of likely N-dealkylation sites (tertiary alicyclic amines) is 1. The highest BCUT2D eigenvalue weighted by molar-refractivity contribution is 5.41. The van der Waals surface area contributed by atoms with Crippen molar-refractivity contribution in [2.75, 3.05) is 18.4 Å². The Bertz CT molecular complexity index is 654. The summed E-state index contributed by atoms with van der Waals surface area (Å²) in [6.07, 6.45) is 5.60. The van der Waals surface area contributed by atoms with Gasteiger partial charge in [-0.2, -0.15) is 0 Å². The van der Waals surface area contributed by atoms with E-state index in [0.717, 1.165) is 49.7 Å². The van der Waals surface area contributed by atoms with Crippen molar-refractivity contribution < 1.29 is 0 Å². The molecule has 4 heteroatoms. The molecule has 0 radical (unpaired) electrons. The summed E-state index contributed by atoms with van der Waals surface area (Å²) in [5.41, 5.74) is 3.31. The molecule has 23 heavy (non-hydrogen) atoms. The molecular formula is C19H24N4. The topological polar surface area (TPSA) is 41.1 Å². The van der Waals surface area contributed by atoms with E-state index in [-0.39, 0.29) is 0 Å². The van der Waals surface area contributed by atoms with Gasteiger partial charge in [0, 0.05) is 32.1 Å². The molecule has 0 saturated carbocycles. The van der Waals surface area contributed by atoms with Gasteiger partial charge in [-0.3, -0.25) is 9.88 Å². The first-order valence-corrected chi connectivity index (χ1v) is 8.21. The molecule has 0 amide bonds. The van der Waals surface area contributed by atoms with Crippen LogP contribution in [0.15, 0.2) is 49.2 Å². The number of allylic oxidation sites excluding steroid dienone is 1. The van der Waals surface area contributed by atoms with Gasteiger partial charge in [0.15, 0.2) is 0 Å². The van der Waals surface area contributed by atoms with Gasteiger partial charge in [-0.25, -0.2) is 4.98 Å². The predicted molar refractivity (Wildman–Crippen MR) is 94.4 cm³/mol. The van der Waals surface area contributed by atoms with Gasteiger partial charge in [0.25, 0.3) is 0 Å². The summed E-state index contributed by atoms with van der Waals surface area (Å²) in [6.45, 7) is 8.94. The zero-order valence-corrected chi connectivity index (χ0v) is 13.7. The van der Waals surface area contributed by atoms with Crippen LogP contribution in [-0.4, -0.2) is 34.0 Å². The number of hydrogen-bond acceptors (Lipinski definition) is 4. The largest absolute Gasteiger partial charge is 0.365 e. The first kappa shape index (κ1) is 15.7. The average molecular weight is 308 g/mol. The second-order valence-corrected chi connectivity index (χ2v) is 6.14. The zero-order chi connectivity index (χ0) is 16.1.